The van der Waals surface area contributed by atoms with Crippen LogP contribution in [-0.4, -0.2) is 11.7 Å². The van der Waals surface area contributed by atoms with E-state index < -0.39 is 0 Å². The second-order valence-corrected chi connectivity index (χ2v) is 1.90. The van der Waals surface area contributed by atoms with Gasteiger partial charge in [0.25, 0.3) is 0 Å². The predicted octanol–water partition coefficient (Wildman–Crippen LogP) is 1.38. The lowest BCUT2D eigenvalue weighted by molar-refractivity contribution is -0.112. The molecule has 0 aromatic heterocycles. The smallest absolute Gasteiger partial charge is 0.155 e. The van der Waals surface area contributed by atoms with Gasteiger partial charge in [-0.05, 0) is 13.8 Å². The van der Waals surface area contributed by atoms with Gasteiger partial charge in [-0.1, -0.05) is 0 Å². The number of ether oxygens (including phenoxy) is 1. The third-order valence-corrected chi connectivity index (χ3v) is 0.828. The van der Waals surface area contributed by atoms with Gasteiger partial charge in [0.05, 0.1) is 5.76 Å². The highest BCUT2D eigenvalue weighted by molar-refractivity contribution is 7.80. The minimum atomic E-state index is -0.00529. The molecule has 0 aliphatic carbocycles. The van der Waals surface area contributed by atoms with E-state index in [1.54, 1.807) is 6.92 Å². The fourth-order valence-electron chi connectivity index (χ4n) is 0.430. The van der Waals surface area contributed by atoms with E-state index in [0.29, 0.717) is 11.7 Å². The summed E-state index contributed by atoms with van der Waals surface area (Å²) >= 11 is 3.81. The molecule has 0 aromatic carbocycles. The van der Waals surface area contributed by atoms with Crippen molar-refractivity contribution in [1.82, 2.24) is 0 Å². The standard InChI is InChI=1S/C6H10O2S/c1-5(7)3-6(2)8-4-9/h3,9H,4H2,1-2H3/b6-3-. The van der Waals surface area contributed by atoms with Crippen molar-refractivity contribution in [3.63, 3.8) is 0 Å². The molecule has 2 nitrogen and oxygen atoms in total. The Morgan fingerprint density at radius 3 is 2.56 bits per heavy atom. The van der Waals surface area contributed by atoms with Crippen molar-refractivity contribution >= 4 is 18.4 Å². The van der Waals surface area contributed by atoms with Crippen LogP contribution in [-0.2, 0) is 9.53 Å². The Balaban J connectivity index is 3.69. The van der Waals surface area contributed by atoms with E-state index in [9.17, 15) is 4.79 Å². The number of hydrogen-bond donors (Lipinski definition) is 1. The van der Waals surface area contributed by atoms with Gasteiger partial charge in [-0.3, -0.25) is 4.79 Å². The number of carbonyl (C=O) groups is 1. The Kier molecular flexibility index (Phi) is 4.22. The first-order chi connectivity index (χ1) is 4.16. The molecule has 0 fully saturated rings. The van der Waals surface area contributed by atoms with Crippen molar-refractivity contribution in [3.8, 4) is 0 Å². The molecular formula is C6H10O2S. The van der Waals surface area contributed by atoms with Crippen LogP contribution in [0.5, 0.6) is 0 Å². The molecule has 0 aliphatic rings. The van der Waals surface area contributed by atoms with Crippen molar-refractivity contribution in [1.29, 1.82) is 0 Å². The average molecular weight is 146 g/mol. The van der Waals surface area contributed by atoms with Gasteiger partial charge in [0, 0.05) is 6.08 Å². The van der Waals surface area contributed by atoms with Crippen molar-refractivity contribution in [2.75, 3.05) is 5.94 Å². The summed E-state index contributed by atoms with van der Waals surface area (Å²) < 4.78 is 4.86. The third kappa shape index (κ3) is 5.43. The number of hydrogen-bond acceptors (Lipinski definition) is 3. The van der Waals surface area contributed by atoms with Gasteiger partial charge >= 0.3 is 0 Å². The summed E-state index contributed by atoms with van der Waals surface area (Å²) in [6.45, 7) is 3.20. The van der Waals surface area contributed by atoms with Gasteiger partial charge in [-0.25, -0.2) is 0 Å². The molecule has 9 heavy (non-hydrogen) atoms. The second kappa shape index (κ2) is 4.44. The number of allylic oxidation sites excluding steroid dienone is 2. The molecule has 0 aliphatic heterocycles. The number of carbonyl (C=O) groups excluding carboxylic acids is 1. The van der Waals surface area contributed by atoms with Gasteiger partial charge in [-0.15, -0.1) is 12.6 Å². The first kappa shape index (κ1) is 8.56. The Morgan fingerprint density at radius 2 is 2.22 bits per heavy atom. The van der Waals surface area contributed by atoms with Crippen LogP contribution in [0.1, 0.15) is 13.8 Å². The van der Waals surface area contributed by atoms with E-state index in [0.717, 1.165) is 0 Å². The fourth-order valence-corrected chi connectivity index (χ4v) is 0.633. The summed E-state index contributed by atoms with van der Waals surface area (Å²) in [6.07, 6.45) is 1.43. The molecular weight excluding hydrogens is 136 g/mol. The zero-order chi connectivity index (χ0) is 7.28. The van der Waals surface area contributed by atoms with E-state index in [1.165, 1.54) is 13.0 Å². The first-order valence-corrected chi connectivity index (χ1v) is 3.22. The van der Waals surface area contributed by atoms with Crippen molar-refractivity contribution in [3.05, 3.63) is 11.8 Å². The highest BCUT2D eigenvalue weighted by Crippen LogP contribution is 1.95. The Labute approximate surface area is 60.3 Å². The third-order valence-electron chi connectivity index (χ3n) is 0.699. The molecule has 0 rings (SSSR count). The van der Waals surface area contributed by atoms with E-state index in [1.807, 2.05) is 0 Å². The Bertz CT molecular complexity index is 129. The van der Waals surface area contributed by atoms with Gasteiger partial charge in [-0.2, -0.15) is 0 Å². The monoisotopic (exact) mass is 146 g/mol. The molecule has 0 atom stereocenters. The van der Waals surface area contributed by atoms with Gasteiger partial charge in [0.15, 0.2) is 5.78 Å². The summed E-state index contributed by atoms with van der Waals surface area (Å²) in [5, 5.41) is 0. The van der Waals surface area contributed by atoms with Crippen LogP contribution in [0, 0.1) is 0 Å². The average Bonchev–Trinajstić information content (AvgIpc) is 1.63. The highest BCUT2D eigenvalue weighted by Gasteiger charge is 1.88. The fraction of sp³-hybridized carbons (Fsp3) is 0.500. The van der Waals surface area contributed by atoms with Crippen molar-refractivity contribution in [2.24, 2.45) is 0 Å². The molecule has 0 unspecified atom stereocenters. The molecule has 0 aromatic rings. The minimum Gasteiger partial charge on any atom is -0.488 e. The molecule has 0 bridgehead atoms. The maximum absolute atomic E-state index is 10.3. The van der Waals surface area contributed by atoms with Crippen LogP contribution in [0.3, 0.4) is 0 Å². The lowest BCUT2D eigenvalue weighted by Gasteiger charge is -1.98. The van der Waals surface area contributed by atoms with Crippen LogP contribution in [0.25, 0.3) is 0 Å². The summed E-state index contributed by atoms with van der Waals surface area (Å²) in [6, 6.07) is 0. The minimum absolute atomic E-state index is 0.00529. The number of ketones is 1. The first-order valence-electron chi connectivity index (χ1n) is 2.59. The topological polar surface area (TPSA) is 26.3 Å². The molecule has 0 heterocycles. The quantitative estimate of drug-likeness (QED) is 0.282. The van der Waals surface area contributed by atoms with Crippen LogP contribution in [0.15, 0.2) is 11.8 Å². The molecule has 0 amide bonds. The van der Waals surface area contributed by atoms with E-state index in [2.05, 4.69) is 12.6 Å². The molecule has 0 radical (unpaired) electrons. The Hall–Kier alpha value is -0.440. The summed E-state index contributed by atoms with van der Waals surface area (Å²) in [7, 11) is 0. The maximum atomic E-state index is 10.3. The van der Waals surface area contributed by atoms with Gasteiger partial charge in [0.1, 0.15) is 5.94 Å². The van der Waals surface area contributed by atoms with Crippen LogP contribution < -0.4 is 0 Å². The van der Waals surface area contributed by atoms with E-state index in [-0.39, 0.29) is 5.78 Å². The van der Waals surface area contributed by atoms with Crippen LogP contribution >= 0.6 is 12.6 Å². The summed E-state index contributed by atoms with van der Waals surface area (Å²) in [4.78, 5) is 10.3. The largest absolute Gasteiger partial charge is 0.488 e. The lowest BCUT2D eigenvalue weighted by Crippen LogP contribution is -1.89. The van der Waals surface area contributed by atoms with Crippen molar-refractivity contribution < 1.29 is 9.53 Å². The van der Waals surface area contributed by atoms with E-state index >= 15 is 0 Å². The van der Waals surface area contributed by atoms with E-state index in [4.69, 9.17) is 4.74 Å². The van der Waals surface area contributed by atoms with Gasteiger partial charge < -0.3 is 4.74 Å². The molecule has 0 N–H and O–H groups in total. The second-order valence-electron chi connectivity index (χ2n) is 1.64. The Morgan fingerprint density at radius 1 is 1.67 bits per heavy atom. The lowest BCUT2D eigenvalue weighted by atomic mass is 10.4. The van der Waals surface area contributed by atoms with Crippen LogP contribution in [0.2, 0.25) is 0 Å². The number of thiol groups is 1. The zero-order valence-corrected chi connectivity index (χ0v) is 6.44. The van der Waals surface area contributed by atoms with Crippen LogP contribution in [0.4, 0.5) is 0 Å². The zero-order valence-electron chi connectivity index (χ0n) is 5.55. The SMILES string of the molecule is CC(=O)/C=C(/C)OCS. The molecule has 0 saturated carbocycles. The molecule has 52 valence electrons. The molecule has 0 spiro atoms. The predicted molar refractivity (Wildman–Crippen MR) is 39.4 cm³/mol. The maximum Gasteiger partial charge on any atom is 0.155 e. The molecule has 0 saturated heterocycles. The normalized spacial score (nSPS) is 11.2. The summed E-state index contributed by atoms with van der Waals surface area (Å²) in [5.41, 5.74) is 0. The molecule has 3 heteroatoms. The number of rotatable bonds is 3. The van der Waals surface area contributed by atoms with Gasteiger partial charge in [0.2, 0.25) is 0 Å². The van der Waals surface area contributed by atoms with Crippen molar-refractivity contribution in [2.45, 2.75) is 13.8 Å². The highest BCUT2D eigenvalue weighted by atomic mass is 32.1. The summed E-state index contributed by atoms with van der Waals surface area (Å²) in [5.74, 6) is 0.919.